The van der Waals surface area contributed by atoms with Crippen molar-refractivity contribution in [2.45, 2.75) is 83.7 Å². The zero-order valence-electron chi connectivity index (χ0n) is 22.3. The van der Waals surface area contributed by atoms with Gasteiger partial charge in [0, 0.05) is 31.7 Å². The van der Waals surface area contributed by atoms with Crippen LogP contribution in [-0.4, -0.2) is 85.5 Å². The van der Waals surface area contributed by atoms with E-state index in [1.165, 1.54) is 6.42 Å². The van der Waals surface area contributed by atoms with E-state index in [0.717, 1.165) is 51.9 Å². The molecule has 0 aromatic carbocycles. The molecule has 3 atom stereocenters. The Bertz CT molecular complexity index is 799. The van der Waals surface area contributed by atoms with Crippen LogP contribution in [0.4, 0.5) is 0 Å². The summed E-state index contributed by atoms with van der Waals surface area (Å²) in [5, 5.41) is 6.42. The number of ether oxygens (including phenoxy) is 1. The second kappa shape index (κ2) is 12.5. The van der Waals surface area contributed by atoms with Crippen LogP contribution in [0.15, 0.2) is 12.2 Å². The van der Waals surface area contributed by atoms with Crippen LogP contribution in [0.1, 0.15) is 71.6 Å². The van der Waals surface area contributed by atoms with Crippen LogP contribution in [0.2, 0.25) is 0 Å². The first-order valence-electron chi connectivity index (χ1n) is 14.2. The number of hydrogen-bond donors (Lipinski definition) is 2. The van der Waals surface area contributed by atoms with E-state index in [1.54, 1.807) is 0 Å². The molecular weight excluding hydrogens is 456 g/mol. The third-order valence-electron chi connectivity index (χ3n) is 8.61. The fraction of sp³-hybridized carbons (Fsp3) is 0.821. The van der Waals surface area contributed by atoms with Crippen molar-refractivity contribution < 1.29 is 19.1 Å². The first-order chi connectivity index (χ1) is 17.4. The fourth-order valence-corrected chi connectivity index (χ4v) is 6.19. The smallest absolute Gasteiger partial charge is 0.242 e. The zero-order chi connectivity index (χ0) is 25.5. The third kappa shape index (κ3) is 6.88. The molecule has 4 aliphatic heterocycles. The van der Waals surface area contributed by atoms with Crippen molar-refractivity contribution in [3.63, 3.8) is 0 Å². The average Bonchev–Trinajstić information content (AvgIpc) is 2.87. The van der Waals surface area contributed by atoms with Crippen molar-refractivity contribution in [3.8, 4) is 0 Å². The lowest BCUT2D eigenvalue weighted by Gasteiger charge is -2.42. The quantitative estimate of drug-likeness (QED) is 0.577. The molecule has 8 nitrogen and oxygen atoms in total. The molecule has 0 aromatic heterocycles. The molecular formula is C28H46N4O4. The van der Waals surface area contributed by atoms with Crippen LogP contribution in [0.25, 0.3) is 0 Å². The van der Waals surface area contributed by atoms with Crippen molar-refractivity contribution >= 4 is 17.7 Å². The minimum absolute atomic E-state index is 0.0148. The van der Waals surface area contributed by atoms with Crippen LogP contribution < -0.4 is 10.6 Å². The first-order valence-corrected chi connectivity index (χ1v) is 14.2. The van der Waals surface area contributed by atoms with Gasteiger partial charge in [-0.05, 0) is 76.8 Å². The molecule has 0 saturated carbocycles. The molecule has 0 aliphatic carbocycles. The first kappa shape index (κ1) is 27.1. The number of carbonyl (C=O) groups is 3. The molecule has 4 aliphatic rings. The SMILES string of the molecule is CC(C)C[C@H]1NC(=O)C2(C/C=C\C[C@@H]3COCC[C@@H]3NC1=O)CCN(CC(=O)N1CCCCC1)CC2. The maximum absolute atomic E-state index is 13.8. The van der Waals surface area contributed by atoms with E-state index in [-0.39, 0.29) is 35.6 Å². The highest BCUT2D eigenvalue weighted by Crippen LogP contribution is 2.37. The highest BCUT2D eigenvalue weighted by Gasteiger charge is 2.43. The summed E-state index contributed by atoms with van der Waals surface area (Å²) in [5.74, 6) is 0.675. The lowest BCUT2D eigenvalue weighted by atomic mass is 9.74. The van der Waals surface area contributed by atoms with Crippen LogP contribution in [0, 0.1) is 17.3 Å². The fourth-order valence-electron chi connectivity index (χ4n) is 6.19. The van der Waals surface area contributed by atoms with Gasteiger partial charge in [0.25, 0.3) is 0 Å². The number of nitrogens with zero attached hydrogens (tertiary/aromatic N) is 2. The van der Waals surface area contributed by atoms with Crippen LogP contribution >= 0.6 is 0 Å². The zero-order valence-corrected chi connectivity index (χ0v) is 22.3. The minimum Gasteiger partial charge on any atom is -0.381 e. The van der Waals surface area contributed by atoms with Gasteiger partial charge in [-0.15, -0.1) is 0 Å². The Labute approximate surface area is 216 Å². The van der Waals surface area contributed by atoms with Gasteiger partial charge in [-0.1, -0.05) is 26.0 Å². The largest absolute Gasteiger partial charge is 0.381 e. The van der Waals surface area contributed by atoms with Gasteiger partial charge in [-0.25, -0.2) is 0 Å². The normalized spacial score (nSPS) is 31.1. The van der Waals surface area contributed by atoms with E-state index in [9.17, 15) is 14.4 Å². The van der Waals surface area contributed by atoms with E-state index in [0.29, 0.717) is 45.4 Å². The van der Waals surface area contributed by atoms with Crippen LogP contribution in [-0.2, 0) is 19.1 Å². The summed E-state index contributed by atoms with van der Waals surface area (Å²) in [6.07, 6.45) is 12.1. The van der Waals surface area contributed by atoms with Crippen molar-refractivity contribution in [1.82, 2.24) is 20.4 Å². The predicted molar refractivity (Wildman–Crippen MR) is 139 cm³/mol. The molecule has 1 spiro atoms. The number of fused-ring (bicyclic) bond motifs is 1. The van der Waals surface area contributed by atoms with Crippen LogP contribution in [0.5, 0.6) is 0 Å². The Balaban J connectivity index is 1.45. The molecule has 0 bridgehead atoms. The summed E-state index contributed by atoms with van der Waals surface area (Å²) >= 11 is 0. The van der Waals surface area contributed by atoms with Gasteiger partial charge in [-0.3, -0.25) is 19.3 Å². The monoisotopic (exact) mass is 502 g/mol. The molecule has 0 radical (unpaired) electrons. The van der Waals surface area contributed by atoms with E-state index >= 15 is 0 Å². The summed E-state index contributed by atoms with van der Waals surface area (Å²) in [6.45, 7) is 9.11. The van der Waals surface area contributed by atoms with Gasteiger partial charge in [0.1, 0.15) is 6.04 Å². The standard InChI is InChI=1S/C28H46N4O4/c1-21(2)18-24-26(34)29-23-9-17-36-20-22(23)8-4-5-10-28(27(35)30-24)11-15-31(16-12-28)19-25(33)32-13-6-3-7-14-32/h4-5,21-24H,3,6-20H2,1-2H3,(H,29,34)(H,30,35)/b5-4-/t22-,23+,24-/m1/s1. The summed E-state index contributed by atoms with van der Waals surface area (Å²) in [4.78, 5) is 44.1. The number of hydrogen-bond acceptors (Lipinski definition) is 5. The van der Waals surface area contributed by atoms with Gasteiger partial charge in [-0.2, -0.15) is 0 Å². The number of allylic oxidation sites excluding steroid dienone is 2. The number of carbonyl (C=O) groups excluding carboxylic acids is 3. The van der Waals surface area contributed by atoms with Gasteiger partial charge in [0.05, 0.1) is 18.6 Å². The molecule has 36 heavy (non-hydrogen) atoms. The van der Waals surface area contributed by atoms with Crippen molar-refractivity contribution in [2.75, 3.05) is 45.9 Å². The second-order valence-electron chi connectivity index (χ2n) is 11.8. The lowest BCUT2D eigenvalue weighted by molar-refractivity contribution is -0.139. The molecule has 0 unspecified atom stereocenters. The molecule has 202 valence electrons. The number of amides is 3. The lowest BCUT2D eigenvalue weighted by Crippen LogP contribution is -2.57. The second-order valence-corrected chi connectivity index (χ2v) is 11.8. The summed E-state index contributed by atoms with van der Waals surface area (Å²) in [7, 11) is 0. The Hall–Kier alpha value is -1.93. The molecule has 2 N–H and O–H groups in total. The van der Waals surface area contributed by atoms with Gasteiger partial charge >= 0.3 is 0 Å². The van der Waals surface area contributed by atoms with Crippen molar-refractivity contribution in [2.24, 2.45) is 17.3 Å². The Morgan fingerprint density at radius 1 is 1.08 bits per heavy atom. The Morgan fingerprint density at radius 3 is 2.56 bits per heavy atom. The topological polar surface area (TPSA) is 91.0 Å². The van der Waals surface area contributed by atoms with E-state index < -0.39 is 11.5 Å². The van der Waals surface area contributed by atoms with Gasteiger partial charge in [0.2, 0.25) is 17.7 Å². The molecule has 8 heteroatoms. The number of likely N-dealkylation sites (tertiary alicyclic amines) is 2. The maximum atomic E-state index is 13.8. The summed E-state index contributed by atoms with van der Waals surface area (Å²) < 4.78 is 5.71. The predicted octanol–water partition coefficient (Wildman–Crippen LogP) is 2.48. The maximum Gasteiger partial charge on any atom is 0.242 e. The van der Waals surface area contributed by atoms with Gasteiger partial charge < -0.3 is 20.3 Å². The molecule has 0 aromatic rings. The summed E-state index contributed by atoms with van der Waals surface area (Å²) in [6, 6.07) is -0.448. The van der Waals surface area contributed by atoms with Gasteiger partial charge in [0.15, 0.2) is 0 Å². The Kier molecular flexibility index (Phi) is 9.45. The molecule has 3 saturated heterocycles. The molecule has 4 rings (SSSR count). The average molecular weight is 503 g/mol. The Morgan fingerprint density at radius 2 is 1.83 bits per heavy atom. The van der Waals surface area contributed by atoms with E-state index in [2.05, 4.69) is 41.5 Å². The van der Waals surface area contributed by atoms with Crippen molar-refractivity contribution in [1.29, 1.82) is 0 Å². The number of piperidine rings is 2. The minimum atomic E-state index is -0.543. The molecule has 4 heterocycles. The number of rotatable bonds is 4. The number of nitrogens with one attached hydrogen (secondary N) is 2. The van der Waals surface area contributed by atoms with Crippen molar-refractivity contribution in [3.05, 3.63) is 12.2 Å². The van der Waals surface area contributed by atoms with Crippen LogP contribution in [0.3, 0.4) is 0 Å². The van der Waals surface area contributed by atoms with E-state index in [4.69, 9.17) is 4.74 Å². The molecule has 3 fully saturated rings. The van der Waals surface area contributed by atoms with E-state index in [1.807, 2.05) is 4.90 Å². The third-order valence-corrected chi connectivity index (χ3v) is 8.61. The highest BCUT2D eigenvalue weighted by molar-refractivity contribution is 5.90. The highest BCUT2D eigenvalue weighted by atomic mass is 16.5. The summed E-state index contributed by atoms with van der Waals surface area (Å²) in [5.41, 5.74) is -0.543. The molecule has 3 amide bonds.